The van der Waals surface area contributed by atoms with Gasteiger partial charge in [0.25, 0.3) is 0 Å². The number of carbonyl (C=O) groups is 2. The van der Waals surface area contributed by atoms with Crippen molar-refractivity contribution in [2.45, 2.75) is 13.3 Å². The van der Waals surface area contributed by atoms with Crippen molar-refractivity contribution in [2.75, 3.05) is 52.8 Å². The monoisotopic (exact) mass is 413 g/mol. The van der Waals surface area contributed by atoms with Crippen molar-refractivity contribution in [3.05, 3.63) is 54.1 Å². The number of nitrogens with zero attached hydrogens (tertiary/aromatic N) is 2. The summed E-state index contributed by atoms with van der Waals surface area (Å²) in [7, 11) is 5.08. The zero-order valence-electron chi connectivity index (χ0n) is 18.2. The molecule has 0 radical (unpaired) electrons. The van der Waals surface area contributed by atoms with Gasteiger partial charge in [0.05, 0.1) is 26.8 Å². The Morgan fingerprint density at radius 2 is 1.80 bits per heavy atom. The average Bonchev–Trinajstić information content (AvgIpc) is 2.72. The van der Waals surface area contributed by atoms with Crippen LogP contribution in [0.5, 0.6) is 11.5 Å². The second-order valence-corrected chi connectivity index (χ2v) is 7.24. The molecule has 0 aromatic heterocycles. The molecule has 0 aliphatic carbocycles. The van der Waals surface area contributed by atoms with Crippen molar-refractivity contribution in [1.82, 2.24) is 9.80 Å². The topological polar surface area (TPSA) is 71.1 Å². The van der Waals surface area contributed by atoms with Crippen molar-refractivity contribution >= 4 is 17.5 Å². The van der Waals surface area contributed by atoms with Gasteiger partial charge in [-0.15, -0.1) is 0 Å². The van der Waals surface area contributed by atoms with Crippen LogP contribution in [0.1, 0.15) is 12.0 Å². The standard InChI is InChI=1S/C23H31N3O4/c1-18-9-5-6-12-21(18)30-14-8-13-25(2)17-23(28)26(3)16-22(27)24-19-10-7-11-20(15-19)29-4/h5-7,9-12,15H,8,13-14,16-17H2,1-4H3,(H,24,27). The highest BCUT2D eigenvalue weighted by Crippen LogP contribution is 2.17. The third kappa shape index (κ3) is 7.75. The number of methoxy groups -OCH3 is 1. The van der Waals surface area contributed by atoms with Crippen molar-refractivity contribution in [2.24, 2.45) is 0 Å². The fourth-order valence-corrected chi connectivity index (χ4v) is 2.87. The zero-order chi connectivity index (χ0) is 21.9. The van der Waals surface area contributed by atoms with E-state index >= 15 is 0 Å². The molecule has 2 aromatic carbocycles. The predicted octanol–water partition coefficient (Wildman–Crippen LogP) is 2.80. The summed E-state index contributed by atoms with van der Waals surface area (Å²) in [5.74, 6) is 1.18. The lowest BCUT2D eigenvalue weighted by Gasteiger charge is -2.21. The normalized spacial score (nSPS) is 10.6. The molecule has 1 N–H and O–H groups in total. The predicted molar refractivity (Wildman–Crippen MR) is 118 cm³/mol. The molecular formula is C23H31N3O4. The lowest BCUT2D eigenvalue weighted by atomic mass is 10.2. The van der Waals surface area contributed by atoms with E-state index in [9.17, 15) is 9.59 Å². The summed E-state index contributed by atoms with van der Waals surface area (Å²) in [5.41, 5.74) is 1.74. The first-order valence-corrected chi connectivity index (χ1v) is 9.94. The van der Waals surface area contributed by atoms with Gasteiger partial charge < -0.3 is 19.7 Å². The Morgan fingerprint density at radius 1 is 1.03 bits per heavy atom. The summed E-state index contributed by atoms with van der Waals surface area (Å²) in [5, 5.41) is 2.77. The third-order valence-electron chi connectivity index (χ3n) is 4.60. The van der Waals surface area contributed by atoms with Crippen LogP contribution in [0.2, 0.25) is 0 Å². The van der Waals surface area contributed by atoms with E-state index in [1.165, 1.54) is 4.90 Å². The molecule has 0 saturated carbocycles. The zero-order valence-corrected chi connectivity index (χ0v) is 18.2. The Labute approximate surface area is 178 Å². The molecule has 0 heterocycles. The molecule has 7 nitrogen and oxygen atoms in total. The Morgan fingerprint density at radius 3 is 2.53 bits per heavy atom. The maximum absolute atomic E-state index is 12.4. The lowest BCUT2D eigenvalue weighted by molar-refractivity contribution is -0.134. The summed E-state index contributed by atoms with van der Waals surface area (Å²) in [6.07, 6.45) is 0.804. The Balaban J connectivity index is 1.68. The van der Waals surface area contributed by atoms with E-state index in [0.717, 1.165) is 24.3 Å². The molecule has 0 spiro atoms. The van der Waals surface area contributed by atoms with E-state index in [2.05, 4.69) is 5.32 Å². The number of para-hydroxylation sites is 1. The highest BCUT2D eigenvalue weighted by molar-refractivity contribution is 5.94. The molecule has 2 rings (SSSR count). The highest BCUT2D eigenvalue weighted by Gasteiger charge is 2.15. The largest absolute Gasteiger partial charge is 0.497 e. The number of aryl methyl sites for hydroxylation is 1. The molecule has 2 amide bonds. The maximum atomic E-state index is 12.4. The van der Waals surface area contributed by atoms with Gasteiger partial charge in [0, 0.05) is 25.3 Å². The van der Waals surface area contributed by atoms with Crippen molar-refractivity contribution < 1.29 is 19.1 Å². The summed E-state index contributed by atoms with van der Waals surface area (Å²) in [6.45, 7) is 3.55. The Bertz CT molecular complexity index is 841. The first-order valence-electron chi connectivity index (χ1n) is 9.94. The number of nitrogens with one attached hydrogen (secondary N) is 1. The molecule has 0 aliphatic rings. The number of anilines is 1. The van der Waals surface area contributed by atoms with Gasteiger partial charge in [0.15, 0.2) is 0 Å². The smallest absolute Gasteiger partial charge is 0.243 e. The molecule has 2 aromatic rings. The number of benzene rings is 2. The van der Waals surface area contributed by atoms with Gasteiger partial charge in [-0.1, -0.05) is 24.3 Å². The summed E-state index contributed by atoms with van der Waals surface area (Å²) in [4.78, 5) is 28.0. The molecule has 0 fully saturated rings. The molecule has 0 unspecified atom stereocenters. The van der Waals surface area contributed by atoms with Crippen LogP contribution in [0, 0.1) is 6.92 Å². The minimum absolute atomic E-state index is 0.0136. The van der Waals surface area contributed by atoms with Crippen LogP contribution in [0.15, 0.2) is 48.5 Å². The Kier molecular flexibility index (Phi) is 9.15. The minimum atomic E-state index is -0.256. The van der Waals surface area contributed by atoms with Crippen LogP contribution in [0.25, 0.3) is 0 Å². The average molecular weight is 414 g/mol. The summed E-state index contributed by atoms with van der Waals surface area (Å²) >= 11 is 0. The quantitative estimate of drug-likeness (QED) is 0.574. The van der Waals surface area contributed by atoms with Crippen LogP contribution >= 0.6 is 0 Å². The number of likely N-dealkylation sites (N-methyl/N-ethyl adjacent to an activating group) is 2. The number of amides is 2. The Hall–Kier alpha value is -3.06. The van der Waals surface area contributed by atoms with Crippen LogP contribution < -0.4 is 14.8 Å². The van der Waals surface area contributed by atoms with Gasteiger partial charge in [-0.2, -0.15) is 0 Å². The number of hydrogen-bond acceptors (Lipinski definition) is 5. The molecule has 0 atom stereocenters. The molecule has 0 saturated heterocycles. The van der Waals surface area contributed by atoms with Crippen LogP contribution in [-0.4, -0.2) is 69.1 Å². The maximum Gasteiger partial charge on any atom is 0.243 e. The first kappa shape index (κ1) is 23.2. The molecule has 7 heteroatoms. The van der Waals surface area contributed by atoms with Gasteiger partial charge in [-0.25, -0.2) is 0 Å². The van der Waals surface area contributed by atoms with Crippen molar-refractivity contribution in [3.63, 3.8) is 0 Å². The molecule has 30 heavy (non-hydrogen) atoms. The van der Waals surface area contributed by atoms with E-state index < -0.39 is 0 Å². The summed E-state index contributed by atoms with van der Waals surface area (Å²) in [6, 6.07) is 15.0. The summed E-state index contributed by atoms with van der Waals surface area (Å²) < 4.78 is 10.9. The van der Waals surface area contributed by atoms with Crippen LogP contribution in [0.4, 0.5) is 5.69 Å². The SMILES string of the molecule is COc1cccc(NC(=O)CN(C)C(=O)CN(C)CCCOc2ccccc2C)c1. The fourth-order valence-electron chi connectivity index (χ4n) is 2.87. The van der Waals surface area contributed by atoms with Gasteiger partial charge in [0.1, 0.15) is 11.5 Å². The number of hydrogen-bond donors (Lipinski definition) is 1. The van der Waals surface area contributed by atoms with Gasteiger partial charge >= 0.3 is 0 Å². The molecule has 162 valence electrons. The number of carbonyl (C=O) groups excluding carboxylic acids is 2. The van der Waals surface area contributed by atoms with Crippen LogP contribution in [-0.2, 0) is 9.59 Å². The minimum Gasteiger partial charge on any atom is -0.497 e. The second kappa shape index (κ2) is 11.8. The molecular weight excluding hydrogens is 382 g/mol. The number of rotatable bonds is 11. The van der Waals surface area contributed by atoms with Gasteiger partial charge in [-0.05, 0) is 44.2 Å². The van der Waals surface area contributed by atoms with E-state index in [-0.39, 0.29) is 24.9 Å². The molecule has 0 aliphatic heterocycles. The molecule has 0 bridgehead atoms. The third-order valence-corrected chi connectivity index (χ3v) is 4.60. The van der Waals surface area contributed by atoms with Crippen molar-refractivity contribution in [3.8, 4) is 11.5 Å². The van der Waals surface area contributed by atoms with E-state index in [0.29, 0.717) is 18.0 Å². The van der Waals surface area contributed by atoms with E-state index in [1.807, 2.05) is 43.1 Å². The second-order valence-electron chi connectivity index (χ2n) is 7.24. The first-order chi connectivity index (χ1) is 14.4. The number of ether oxygens (including phenoxy) is 2. The van der Waals surface area contributed by atoms with Gasteiger partial charge in [0.2, 0.25) is 11.8 Å². The fraction of sp³-hybridized carbons (Fsp3) is 0.391. The van der Waals surface area contributed by atoms with Crippen LogP contribution in [0.3, 0.4) is 0 Å². The van der Waals surface area contributed by atoms with Crippen molar-refractivity contribution in [1.29, 1.82) is 0 Å². The lowest BCUT2D eigenvalue weighted by Crippen LogP contribution is -2.41. The van der Waals surface area contributed by atoms with E-state index in [4.69, 9.17) is 9.47 Å². The highest BCUT2D eigenvalue weighted by atomic mass is 16.5. The van der Waals surface area contributed by atoms with Gasteiger partial charge in [-0.3, -0.25) is 14.5 Å². The van der Waals surface area contributed by atoms with E-state index in [1.54, 1.807) is 38.4 Å².